The molecule has 0 radical (unpaired) electrons. The predicted molar refractivity (Wildman–Crippen MR) is 75.9 cm³/mol. The minimum atomic E-state index is -0.888. The fourth-order valence-electron chi connectivity index (χ4n) is 2.53. The monoisotopic (exact) mass is 287 g/mol. The molecular formula is C15H13NO3S. The molecule has 1 unspecified atom stereocenters. The fraction of sp³-hybridized carbons (Fsp3) is 0.200. The SMILES string of the molecule is O=C(O)C1CN(C(=O)c2cccs2)Cc2ccccc21. The number of nitrogens with zero attached hydrogens (tertiary/aromatic N) is 1. The number of hydrogen-bond donors (Lipinski definition) is 1. The first kappa shape index (κ1) is 12.9. The predicted octanol–water partition coefficient (Wildman–Crippen LogP) is 2.57. The van der Waals surface area contributed by atoms with Crippen molar-refractivity contribution in [3.63, 3.8) is 0 Å². The van der Waals surface area contributed by atoms with Gasteiger partial charge in [-0.1, -0.05) is 30.3 Å². The van der Waals surface area contributed by atoms with E-state index in [9.17, 15) is 14.7 Å². The molecule has 0 saturated carbocycles. The van der Waals surface area contributed by atoms with Crippen molar-refractivity contribution in [1.82, 2.24) is 4.90 Å². The number of carbonyl (C=O) groups excluding carboxylic acids is 1. The Morgan fingerprint density at radius 1 is 1.20 bits per heavy atom. The van der Waals surface area contributed by atoms with Gasteiger partial charge in [-0.15, -0.1) is 11.3 Å². The van der Waals surface area contributed by atoms with Crippen LogP contribution in [0.1, 0.15) is 26.7 Å². The van der Waals surface area contributed by atoms with Crippen LogP contribution < -0.4 is 0 Å². The normalized spacial score (nSPS) is 17.6. The van der Waals surface area contributed by atoms with E-state index in [0.717, 1.165) is 11.1 Å². The molecule has 1 N–H and O–H groups in total. The largest absolute Gasteiger partial charge is 0.481 e. The Labute approximate surface area is 120 Å². The van der Waals surface area contributed by atoms with Crippen LogP contribution >= 0.6 is 11.3 Å². The van der Waals surface area contributed by atoms with Crippen LogP contribution in [0.5, 0.6) is 0 Å². The van der Waals surface area contributed by atoms with Gasteiger partial charge in [-0.3, -0.25) is 9.59 Å². The Morgan fingerprint density at radius 3 is 2.70 bits per heavy atom. The summed E-state index contributed by atoms with van der Waals surface area (Å²) in [6.45, 7) is 0.694. The van der Waals surface area contributed by atoms with Gasteiger partial charge in [-0.05, 0) is 22.6 Å². The summed E-state index contributed by atoms with van der Waals surface area (Å²) in [5.41, 5.74) is 1.73. The zero-order chi connectivity index (χ0) is 14.1. The number of fused-ring (bicyclic) bond motifs is 1. The molecule has 1 aliphatic rings. The Balaban J connectivity index is 1.94. The zero-order valence-corrected chi connectivity index (χ0v) is 11.5. The van der Waals surface area contributed by atoms with Crippen molar-refractivity contribution >= 4 is 23.2 Å². The van der Waals surface area contributed by atoms with Gasteiger partial charge in [0, 0.05) is 13.1 Å². The fourth-order valence-corrected chi connectivity index (χ4v) is 3.22. The van der Waals surface area contributed by atoms with Crippen molar-refractivity contribution in [2.24, 2.45) is 0 Å². The molecule has 1 aromatic heterocycles. The lowest BCUT2D eigenvalue weighted by Crippen LogP contribution is -2.40. The van der Waals surface area contributed by atoms with Crippen LogP contribution in [0.15, 0.2) is 41.8 Å². The highest BCUT2D eigenvalue weighted by atomic mass is 32.1. The summed E-state index contributed by atoms with van der Waals surface area (Å²) in [5, 5.41) is 11.2. The number of carboxylic acid groups (broad SMARTS) is 1. The van der Waals surface area contributed by atoms with Gasteiger partial charge in [-0.2, -0.15) is 0 Å². The average Bonchev–Trinajstić information content (AvgIpc) is 2.99. The van der Waals surface area contributed by atoms with E-state index in [1.807, 2.05) is 35.7 Å². The number of thiophene rings is 1. The van der Waals surface area contributed by atoms with Gasteiger partial charge in [0.05, 0.1) is 10.8 Å². The second kappa shape index (κ2) is 5.09. The first-order valence-electron chi connectivity index (χ1n) is 6.30. The van der Waals surface area contributed by atoms with E-state index in [1.54, 1.807) is 11.0 Å². The molecule has 0 saturated heterocycles. The second-order valence-corrected chi connectivity index (χ2v) is 5.70. The Bertz CT molecular complexity index is 651. The van der Waals surface area contributed by atoms with Crippen LogP contribution in [0.2, 0.25) is 0 Å². The van der Waals surface area contributed by atoms with E-state index in [-0.39, 0.29) is 12.5 Å². The van der Waals surface area contributed by atoms with E-state index in [0.29, 0.717) is 11.4 Å². The average molecular weight is 287 g/mol. The number of rotatable bonds is 2. The van der Waals surface area contributed by atoms with Gasteiger partial charge >= 0.3 is 5.97 Å². The molecule has 4 nitrogen and oxygen atoms in total. The standard InChI is InChI=1S/C15H13NO3S/c17-14(13-6-3-7-20-13)16-8-10-4-1-2-5-11(10)12(9-16)15(18)19/h1-7,12H,8-9H2,(H,18,19). The lowest BCUT2D eigenvalue weighted by Gasteiger charge is -2.32. The van der Waals surface area contributed by atoms with Crippen molar-refractivity contribution in [2.75, 3.05) is 6.54 Å². The quantitative estimate of drug-likeness (QED) is 0.923. The number of hydrogen-bond acceptors (Lipinski definition) is 3. The first-order chi connectivity index (χ1) is 9.66. The number of amides is 1. The third-order valence-corrected chi connectivity index (χ3v) is 4.37. The number of carboxylic acids is 1. The van der Waals surface area contributed by atoms with E-state index in [1.165, 1.54) is 11.3 Å². The van der Waals surface area contributed by atoms with E-state index >= 15 is 0 Å². The lowest BCUT2D eigenvalue weighted by molar-refractivity contribution is -0.139. The Kier molecular flexibility index (Phi) is 3.28. The molecule has 102 valence electrons. The van der Waals surface area contributed by atoms with Gasteiger partial charge in [0.15, 0.2) is 0 Å². The first-order valence-corrected chi connectivity index (χ1v) is 7.18. The second-order valence-electron chi connectivity index (χ2n) is 4.75. The van der Waals surface area contributed by atoms with Crippen LogP contribution in [0.25, 0.3) is 0 Å². The third kappa shape index (κ3) is 2.20. The van der Waals surface area contributed by atoms with E-state index < -0.39 is 11.9 Å². The van der Waals surface area contributed by atoms with Crippen LogP contribution in [-0.4, -0.2) is 28.4 Å². The molecule has 0 fully saturated rings. The maximum absolute atomic E-state index is 12.4. The minimum absolute atomic E-state index is 0.0965. The van der Waals surface area contributed by atoms with Crippen LogP contribution in [0, 0.1) is 0 Å². The van der Waals surface area contributed by atoms with Crippen molar-refractivity contribution < 1.29 is 14.7 Å². The van der Waals surface area contributed by atoms with Gasteiger partial charge in [-0.25, -0.2) is 0 Å². The molecule has 20 heavy (non-hydrogen) atoms. The Morgan fingerprint density at radius 2 is 2.00 bits per heavy atom. The van der Waals surface area contributed by atoms with Gasteiger partial charge in [0.1, 0.15) is 0 Å². The molecule has 3 rings (SSSR count). The highest BCUT2D eigenvalue weighted by Gasteiger charge is 2.32. The molecule has 0 spiro atoms. The molecule has 2 aromatic rings. The number of carbonyl (C=O) groups is 2. The summed E-state index contributed by atoms with van der Waals surface area (Å²) in [6, 6.07) is 11.0. The van der Waals surface area contributed by atoms with Crippen LogP contribution in [0.4, 0.5) is 0 Å². The molecule has 2 heterocycles. The molecular weight excluding hydrogens is 274 g/mol. The maximum atomic E-state index is 12.4. The minimum Gasteiger partial charge on any atom is -0.481 e. The van der Waals surface area contributed by atoms with Gasteiger partial charge in [0.25, 0.3) is 5.91 Å². The van der Waals surface area contributed by atoms with Crippen LogP contribution in [0.3, 0.4) is 0 Å². The summed E-state index contributed by atoms with van der Waals surface area (Å²) < 4.78 is 0. The maximum Gasteiger partial charge on any atom is 0.312 e. The molecule has 0 aliphatic carbocycles. The topological polar surface area (TPSA) is 57.6 Å². The highest BCUT2D eigenvalue weighted by Crippen LogP contribution is 2.29. The zero-order valence-electron chi connectivity index (χ0n) is 10.7. The van der Waals surface area contributed by atoms with E-state index in [2.05, 4.69) is 0 Å². The summed E-state index contributed by atoms with van der Waals surface area (Å²) in [6.07, 6.45) is 0. The number of aliphatic carboxylic acids is 1. The highest BCUT2D eigenvalue weighted by molar-refractivity contribution is 7.12. The van der Waals surface area contributed by atoms with Crippen molar-refractivity contribution in [2.45, 2.75) is 12.5 Å². The molecule has 0 bridgehead atoms. The van der Waals surface area contributed by atoms with Crippen molar-refractivity contribution in [1.29, 1.82) is 0 Å². The summed E-state index contributed by atoms with van der Waals surface area (Å²) >= 11 is 1.38. The molecule has 1 aromatic carbocycles. The molecule has 1 amide bonds. The van der Waals surface area contributed by atoms with Crippen molar-refractivity contribution in [3.05, 3.63) is 57.8 Å². The van der Waals surface area contributed by atoms with Gasteiger partial charge in [0.2, 0.25) is 0 Å². The number of benzene rings is 1. The van der Waals surface area contributed by atoms with Crippen LogP contribution in [-0.2, 0) is 11.3 Å². The lowest BCUT2D eigenvalue weighted by atomic mass is 9.90. The van der Waals surface area contributed by atoms with Crippen molar-refractivity contribution in [3.8, 4) is 0 Å². The summed E-state index contributed by atoms with van der Waals surface area (Å²) in [4.78, 5) is 26.1. The van der Waals surface area contributed by atoms with Gasteiger partial charge < -0.3 is 10.0 Å². The third-order valence-electron chi connectivity index (χ3n) is 3.51. The smallest absolute Gasteiger partial charge is 0.312 e. The molecule has 1 atom stereocenters. The Hall–Kier alpha value is -2.14. The summed E-state index contributed by atoms with van der Waals surface area (Å²) in [5.74, 6) is -1.63. The molecule has 5 heteroatoms. The summed E-state index contributed by atoms with van der Waals surface area (Å²) in [7, 11) is 0. The molecule has 1 aliphatic heterocycles. The van der Waals surface area contributed by atoms with E-state index in [4.69, 9.17) is 0 Å².